The maximum absolute atomic E-state index is 7.76. The molecular formula is C2H5N3S. The van der Waals surface area contributed by atoms with Gasteiger partial charge in [0.1, 0.15) is 0 Å². The fraction of sp³-hybridized carbons (Fsp3) is 0.500. The molecule has 0 heterocycles. The lowest BCUT2D eigenvalue weighted by atomic mass is 11.5. The molecule has 0 spiro atoms. The smallest absolute Gasteiger partial charge is 0.188 e. The minimum atomic E-state index is -0.677. The SMILES string of the molecule is CS(=N)NC#N. The van der Waals surface area contributed by atoms with Crippen LogP contribution in [0.1, 0.15) is 0 Å². The van der Waals surface area contributed by atoms with Crippen molar-refractivity contribution in [2.45, 2.75) is 0 Å². The third kappa shape index (κ3) is 3.44. The lowest BCUT2D eigenvalue weighted by Crippen LogP contribution is -2.04. The Kier molecular flexibility index (Phi) is 2.42. The Morgan fingerprint density at radius 1 is 2.00 bits per heavy atom. The summed E-state index contributed by atoms with van der Waals surface area (Å²) in [4.78, 5) is 0. The van der Waals surface area contributed by atoms with Crippen molar-refractivity contribution < 1.29 is 0 Å². The second kappa shape index (κ2) is 2.67. The fourth-order valence-corrected chi connectivity index (χ4v) is 0.205. The molecule has 1 unspecified atom stereocenters. The first-order valence-electron chi connectivity index (χ1n) is 1.29. The molecule has 6 heavy (non-hydrogen) atoms. The van der Waals surface area contributed by atoms with Crippen LogP contribution in [0.2, 0.25) is 0 Å². The predicted octanol–water partition coefficient (Wildman–Crippen LogP) is -0.0174. The molecule has 0 aliphatic rings. The Bertz CT molecular complexity index is 91.5. The van der Waals surface area contributed by atoms with Crippen molar-refractivity contribution in [2.75, 3.05) is 6.26 Å². The summed E-state index contributed by atoms with van der Waals surface area (Å²) in [5.74, 6) is 0. The highest BCUT2D eigenvalue weighted by Gasteiger charge is 1.69. The van der Waals surface area contributed by atoms with E-state index in [2.05, 4.69) is 4.72 Å². The van der Waals surface area contributed by atoms with Crippen molar-refractivity contribution in [1.29, 1.82) is 10.0 Å². The fourth-order valence-electron chi connectivity index (χ4n) is 0.0685. The maximum Gasteiger partial charge on any atom is 0.188 e. The van der Waals surface area contributed by atoms with E-state index in [1.807, 2.05) is 0 Å². The predicted molar refractivity (Wildman–Crippen MR) is 24.8 cm³/mol. The van der Waals surface area contributed by atoms with E-state index < -0.39 is 10.9 Å². The van der Waals surface area contributed by atoms with Gasteiger partial charge in [0.2, 0.25) is 0 Å². The summed E-state index contributed by atoms with van der Waals surface area (Å²) in [5.41, 5.74) is 0. The van der Waals surface area contributed by atoms with E-state index in [0.717, 1.165) is 0 Å². The molecule has 0 fully saturated rings. The van der Waals surface area contributed by atoms with Crippen LogP contribution in [0.25, 0.3) is 0 Å². The molecule has 1 atom stereocenters. The van der Waals surface area contributed by atoms with E-state index >= 15 is 0 Å². The third-order valence-electron chi connectivity index (χ3n) is 0.199. The highest BCUT2D eigenvalue weighted by molar-refractivity contribution is 7.83. The van der Waals surface area contributed by atoms with Crippen molar-refractivity contribution in [1.82, 2.24) is 4.72 Å². The molecule has 0 bridgehead atoms. The first kappa shape index (κ1) is 5.44. The summed E-state index contributed by atoms with van der Waals surface area (Å²) in [5, 5.41) is 7.76. The Hall–Kier alpha value is -0.560. The zero-order chi connectivity index (χ0) is 4.99. The largest absolute Gasteiger partial charge is 0.260 e. The molecule has 0 radical (unpaired) electrons. The topological polar surface area (TPSA) is 59.7 Å². The summed E-state index contributed by atoms with van der Waals surface area (Å²) in [6.07, 6.45) is 3.26. The first-order valence-corrected chi connectivity index (χ1v) is 2.92. The second-order valence-corrected chi connectivity index (χ2v) is 1.95. The third-order valence-corrected chi connectivity index (χ3v) is 0.596. The summed E-state index contributed by atoms with van der Waals surface area (Å²) in [6.45, 7) is 0. The van der Waals surface area contributed by atoms with Gasteiger partial charge in [-0.3, -0.25) is 9.50 Å². The van der Waals surface area contributed by atoms with E-state index in [4.69, 9.17) is 10.0 Å². The Labute approximate surface area is 39.0 Å². The van der Waals surface area contributed by atoms with Gasteiger partial charge in [0.05, 0.1) is 0 Å². The lowest BCUT2D eigenvalue weighted by Gasteiger charge is -1.84. The van der Waals surface area contributed by atoms with Gasteiger partial charge in [-0.15, -0.1) is 0 Å². The Morgan fingerprint density at radius 3 is 2.50 bits per heavy atom. The van der Waals surface area contributed by atoms with Gasteiger partial charge in [0, 0.05) is 6.26 Å². The molecule has 3 nitrogen and oxygen atoms in total. The van der Waals surface area contributed by atoms with Crippen LogP contribution in [0.4, 0.5) is 0 Å². The van der Waals surface area contributed by atoms with E-state index in [9.17, 15) is 0 Å². The summed E-state index contributed by atoms with van der Waals surface area (Å²) < 4.78 is 8.88. The molecule has 0 aliphatic carbocycles. The zero-order valence-corrected chi connectivity index (χ0v) is 4.17. The number of hydrogen-bond acceptors (Lipinski definition) is 2. The molecule has 34 valence electrons. The summed E-state index contributed by atoms with van der Waals surface area (Å²) in [6, 6.07) is 0. The molecule has 0 aromatic carbocycles. The van der Waals surface area contributed by atoms with Crippen molar-refractivity contribution >= 4 is 10.9 Å². The number of rotatable bonds is 1. The molecular weight excluding hydrogens is 98.1 g/mol. The molecule has 0 saturated heterocycles. The van der Waals surface area contributed by atoms with Crippen LogP contribution in [-0.2, 0) is 10.9 Å². The van der Waals surface area contributed by atoms with E-state index in [0.29, 0.717) is 0 Å². The van der Waals surface area contributed by atoms with Gasteiger partial charge >= 0.3 is 0 Å². The molecule has 0 aromatic heterocycles. The summed E-state index contributed by atoms with van der Waals surface area (Å²) >= 11 is 0. The molecule has 0 rings (SSSR count). The summed E-state index contributed by atoms with van der Waals surface area (Å²) in [7, 11) is -0.677. The van der Waals surface area contributed by atoms with Gasteiger partial charge in [0.15, 0.2) is 6.19 Å². The first-order chi connectivity index (χ1) is 2.77. The van der Waals surface area contributed by atoms with Crippen molar-refractivity contribution in [3.05, 3.63) is 0 Å². The highest BCUT2D eigenvalue weighted by atomic mass is 32.2. The van der Waals surface area contributed by atoms with Crippen LogP contribution in [0, 0.1) is 16.2 Å². The van der Waals surface area contributed by atoms with Crippen molar-refractivity contribution in [3.8, 4) is 6.19 Å². The van der Waals surface area contributed by atoms with Gasteiger partial charge in [-0.25, -0.2) is 0 Å². The molecule has 4 heteroatoms. The average Bonchev–Trinajstić information content (AvgIpc) is 1.35. The highest BCUT2D eigenvalue weighted by Crippen LogP contribution is 1.56. The average molecular weight is 103 g/mol. The van der Waals surface area contributed by atoms with Crippen LogP contribution in [0.15, 0.2) is 0 Å². The van der Waals surface area contributed by atoms with Gasteiger partial charge in [-0.2, -0.15) is 5.26 Å². The molecule has 0 saturated carbocycles. The molecule has 2 N–H and O–H groups in total. The quantitative estimate of drug-likeness (QED) is 0.362. The lowest BCUT2D eigenvalue weighted by molar-refractivity contribution is 1.34. The van der Waals surface area contributed by atoms with Crippen molar-refractivity contribution in [2.24, 2.45) is 0 Å². The molecule has 0 aliphatic heterocycles. The standard InChI is InChI=1S/C2H5N3S/c1-6(4)5-2-3/h1H3,(H2,4,5). The van der Waals surface area contributed by atoms with Crippen LogP contribution in [0.5, 0.6) is 0 Å². The normalized spacial score (nSPS) is 12.0. The van der Waals surface area contributed by atoms with Gasteiger partial charge < -0.3 is 0 Å². The Morgan fingerprint density at radius 2 is 2.50 bits per heavy atom. The monoisotopic (exact) mass is 103 g/mol. The van der Waals surface area contributed by atoms with Gasteiger partial charge in [-0.05, 0) is 10.9 Å². The number of nitriles is 1. The number of nitrogens with zero attached hydrogens (tertiary/aromatic N) is 1. The molecule has 0 amide bonds. The molecule has 0 aromatic rings. The van der Waals surface area contributed by atoms with Crippen molar-refractivity contribution in [3.63, 3.8) is 0 Å². The number of nitrogens with one attached hydrogen (secondary N) is 2. The Balaban J connectivity index is 3.13. The minimum absolute atomic E-state index is 0.677. The second-order valence-electron chi connectivity index (χ2n) is 0.724. The number of hydrogen-bond donors (Lipinski definition) is 2. The van der Waals surface area contributed by atoms with Crippen LogP contribution in [0.3, 0.4) is 0 Å². The maximum atomic E-state index is 7.76. The van der Waals surface area contributed by atoms with Gasteiger partial charge in [0.25, 0.3) is 0 Å². The van der Waals surface area contributed by atoms with Gasteiger partial charge in [-0.1, -0.05) is 0 Å². The zero-order valence-electron chi connectivity index (χ0n) is 3.36. The van der Waals surface area contributed by atoms with E-state index in [1.54, 1.807) is 12.4 Å². The minimum Gasteiger partial charge on any atom is -0.260 e. The van der Waals surface area contributed by atoms with Crippen LogP contribution in [-0.4, -0.2) is 6.26 Å². The van der Waals surface area contributed by atoms with Crippen LogP contribution < -0.4 is 4.72 Å². The van der Waals surface area contributed by atoms with E-state index in [1.165, 1.54) is 0 Å². The van der Waals surface area contributed by atoms with Crippen LogP contribution >= 0.6 is 0 Å². The van der Waals surface area contributed by atoms with E-state index in [-0.39, 0.29) is 0 Å².